The monoisotopic (exact) mass is 503 g/mol. The van der Waals surface area contributed by atoms with E-state index in [9.17, 15) is 28.1 Å². The topological polar surface area (TPSA) is 127 Å². The van der Waals surface area contributed by atoms with Crippen LogP contribution in [-0.4, -0.2) is 66.7 Å². The number of nitrogens with zero attached hydrogens (tertiary/aromatic N) is 3. The molecule has 1 heterocycles. The maximum Gasteiger partial charge on any atom is 0.328 e. The number of carbonyl (C=O) groups is 2. The normalized spacial score (nSPS) is 17.9. The Morgan fingerprint density at radius 2 is 1.74 bits per heavy atom. The maximum absolute atomic E-state index is 13.7. The number of esters is 1. The van der Waals surface area contributed by atoms with Crippen LogP contribution in [0, 0.1) is 16.0 Å². The fourth-order valence-corrected chi connectivity index (χ4v) is 5.80. The third-order valence-corrected chi connectivity index (χ3v) is 7.87. The molecular weight excluding hydrogens is 474 g/mol. The Labute approximate surface area is 204 Å². The second kappa shape index (κ2) is 11.0. The molecule has 1 aliphatic rings. The van der Waals surface area contributed by atoms with Crippen LogP contribution >= 0.6 is 0 Å². The highest BCUT2D eigenvalue weighted by Crippen LogP contribution is 2.28. The van der Waals surface area contributed by atoms with E-state index >= 15 is 0 Å². The highest BCUT2D eigenvalue weighted by Gasteiger charge is 2.45. The van der Waals surface area contributed by atoms with Gasteiger partial charge in [0.25, 0.3) is 5.69 Å². The third-order valence-electron chi connectivity index (χ3n) is 5.95. The minimum absolute atomic E-state index is 0.00619. The van der Waals surface area contributed by atoms with Crippen LogP contribution < -0.4 is 0 Å². The summed E-state index contributed by atoms with van der Waals surface area (Å²) in [5.41, 5.74) is 0.613. The van der Waals surface area contributed by atoms with Crippen LogP contribution in [0.25, 0.3) is 0 Å². The molecule has 10 nitrogen and oxygen atoms in total. The van der Waals surface area contributed by atoms with E-state index in [-0.39, 0.29) is 42.4 Å². The Hall–Kier alpha value is -3.31. The van der Waals surface area contributed by atoms with Crippen LogP contribution in [0.1, 0.15) is 25.8 Å². The summed E-state index contributed by atoms with van der Waals surface area (Å²) < 4.78 is 33.0. The van der Waals surface area contributed by atoms with E-state index in [0.29, 0.717) is 0 Å². The first-order valence-corrected chi connectivity index (χ1v) is 12.7. The number of carbonyl (C=O) groups excluding carboxylic acids is 2. The largest absolute Gasteiger partial charge is 0.467 e. The predicted molar refractivity (Wildman–Crippen MR) is 128 cm³/mol. The number of ether oxygens (including phenoxy) is 1. The molecule has 0 radical (unpaired) electrons. The van der Waals surface area contributed by atoms with Gasteiger partial charge in [-0.3, -0.25) is 14.9 Å². The van der Waals surface area contributed by atoms with E-state index in [1.54, 1.807) is 0 Å². The van der Waals surface area contributed by atoms with E-state index in [2.05, 4.69) is 0 Å². The summed E-state index contributed by atoms with van der Waals surface area (Å²) in [6, 6.07) is 11.9. The molecule has 0 unspecified atom stereocenters. The summed E-state index contributed by atoms with van der Waals surface area (Å²) in [5, 5.41) is 10.9. The van der Waals surface area contributed by atoms with E-state index in [1.165, 1.54) is 24.1 Å². The van der Waals surface area contributed by atoms with Crippen molar-refractivity contribution in [3.63, 3.8) is 0 Å². The number of non-ortho nitro benzene ring substituents is 1. The zero-order valence-electron chi connectivity index (χ0n) is 19.9. The van der Waals surface area contributed by atoms with Gasteiger partial charge < -0.3 is 9.64 Å². The lowest BCUT2D eigenvalue weighted by atomic mass is 9.98. The lowest BCUT2D eigenvalue weighted by Gasteiger charge is -2.42. The first kappa shape index (κ1) is 26.3. The number of benzene rings is 2. The quantitative estimate of drug-likeness (QED) is 0.292. The Kier molecular flexibility index (Phi) is 8.23. The van der Waals surface area contributed by atoms with E-state index in [0.717, 1.165) is 22.0 Å². The molecule has 35 heavy (non-hydrogen) atoms. The number of rotatable bonds is 9. The van der Waals surface area contributed by atoms with Crippen LogP contribution in [0.2, 0.25) is 0 Å². The van der Waals surface area contributed by atoms with Crippen molar-refractivity contribution in [2.75, 3.05) is 20.2 Å². The third kappa shape index (κ3) is 5.85. The van der Waals surface area contributed by atoms with Gasteiger partial charge in [-0.15, -0.1) is 0 Å². The molecule has 1 saturated heterocycles. The molecule has 1 amide bonds. The Morgan fingerprint density at radius 3 is 2.29 bits per heavy atom. The van der Waals surface area contributed by atoms with Gasteiger partial charge in [-0.05, 0) is 30.0 Å². The van der Waals surface area contributed by atoms with E-state index in [4.69, 9.17) is 4.74 Å². The molecule has 0 saturated carbocycles. The van der Waals surface area contributed by atoms with E-state index in [1.807, 2.05) is 44.2 Å². The SMILES string of the molecule is COC(=O)[C@H](Cc1ccccc1)N1CCN(S(=O)(=O)c2ccc([N+](=O)[O-])cc2)[C@@H](CC(C)C)C1=O. The van der Waals surface area contributed by atoms with Gasteiger partial charge in [0.05, 0.1) is 16.9 Å². The van der Waals surface area contributed by atoms with Gasteiger partial charge in [0.1, 0.15) is 12.1 Å². The summed E-state index contributed by atoms with van der Waals surface area (Å²) >= 11 is 0. The number of hydrogen-bond donors (Lipinski definition) is 0. The molecule has 0 bridgehead atoms. The van der Waals surface area contributed by atoms with Crippen LogP contribution in [0.3, 0.4) is 0 Å². The first-order chi connectivity index (χ1) is 16.6. The molecule has 0 aromatic heterocycles. The van der Waals surface area contributed by atoms with Gasteiger partial charge in [-0.2, -0.15) is 4.31 Å². The molecule has 2 aromatic carbocycles. The average molecular weight is 504 g/mol. The van der Waals surface area contributed by atoms with Gasteiger partial charge >= 0.3 is 5.97 Å². The van der Waals surface area contributed by atoms with Crippen molar-refractivity contribution in [3.8, 4) is 0 Å². The molecule has 1 fully saturated rings. The molecule has 0 spiro atoms. The second-order valence-corrected chi connectivity index (χ2v) is 10.7. The molecule has 188 valence electrons. The average Bonchev–Trinajstić information content (AvgIpc) is 2.83. The van der Waals surface area contributed by atoms with Gasteiger partial charge in [0, 0.05) is 31.6 Å². The van der Waals surface area contributed by atoms with Crippen LogP contribution in [0.5, 0.6) is 0 Å². The lowest BCUT2D eigenvalue weighted by Crippen LogP contribution is -2.62. The van der Waals surface area contributed by atoms with Crippen LogP contribution in [0.15, 0.2) is 59.5 Å². The fourth-order valence-electron chi connectivity index (χ4n) is 4.22. The van der Waals surface area contributed by atoms with Crippen LogP contribution in [0.4, 0.5) is 5.69 Å². The highest BCUT2D eigenvalue weighted by molar-refractivity contribution is 7.89. The summed E-state index contributed by atoms with van der Waals surface area (Å²) in [5.74, 6) is -1.05. The Bertz CT molecular complexity index is 1170. The van der Waals surface area contributed by atoms with E-state index < -0.39 is 38.9 Å². The molecule has 2 atom stereocenters. The molecule has 11 heteroatoms. The standard InChI is InChI=1S/C24H29N3O7S/c1-17(2)15-21-23(28)25(22(24(29)34-3)16-18-7-5-4-6-8-18)13-14-26(21)35(32,33)20-11-9-19(10-12-20)27(30)31/h4-12,17,21-22H,13-16H2,1-3H3/t21-,22-/m0/s1. The molecule has 1 aliphatic heterocycles. The summed E-state index contributed by atoms with van der Waals surface area (Å²) in [6.45, 7) is 3.74. The first-order valence-electron chi connectivity index (χ1n) is 11.2. The summed E-state index contributed by atoms with van der Waals surface area (Å²) in [7, 11) is -2.86. The van der Waals surface area contributed by atoms with Gasteiger partial charge in [0.15, 0.2) is 0 Å². The summed E-state index contributed by atoms with van der Waals surface area (Å²) in [6.07, 6.45) is 0.490. The molecule has 2 aromatic rings. The van der Waals surface area contributed by atoms with Crippen molar-refractivity contribution >= 4 is 27.6 Å². The van der Waals surface area contributed by atoms with Gasteiger partial charge in [-0.1, -0.05) is 44.2 Å². The number of nitro groups is 1. The number of nitro benzene ring substituents is 1. The molecule has 0 N–H and O–H groups in total. The van der Waals surface area contributed by atoms with Crippen molar-refractivity contribution in [3.05, 3.63) is 70.3 Å². The summed E-state index contributed by atoms with van der Waals surface area (Å²) in [4.78, 5) is 38.0. The van der Waals surface area contributed by atoms with Gasteiger partial charge in [0.2, 0.25) is 15.9 Å². The maximum atomic E-state index is 13.7. The number of amides is 1. The van der Waals surface area contributed by atoms with Crippen molar-refractivity contribution in [1.29, 1.82) is 0 Å². The Balaban J connectivity index is 1.94. The number of piperazine rings is 1. The molecular formula is C24H29N3O7S. The smallest absolute Gasteiger partial charge is 0.328 e. The van der Waals surface area contributed by atoms with Crippen molar-refractivity contribution in [1.82, 2.24) is 9.21 Å². The van der Waals surface area contributed by atoms with Crippen molar-refractivity contribution in [2.45, 2.75) is 43.7 Å². The minimum atomic E-state index is -4.12. The lowest BCUT2D eigenvalue weighted by molar-refractivity contribution is -0.384. The Morgan fingerprint density at radius 1 is 1.11 bits per heavy atom. The zero-order chi connectivity index (χ0) is 25.8. The second-order valence-electron chi connectivity index (χ2n) is 8.77. The predicted octanol–water partition coefficient (Wildman–Crippen LogP) is 2.63. The number of hydrogen-bond acceptors (Lipinski definition) is 7. The van der Waals surface area contributed by atoms with Gasteiger partial charge in [-0.25, -0.2) is 13.2 Å². The molecule has 3 rings (SSSR count). The molecule has 0 aliphatic carbocycles. The van der Waals surface area contributed by atoms with Crippen LogP contribution in [-0.2, 0) is 30.8 Å². The van der Waals surface area contributed by atoms with Crippen molar-refractivity contribution < 1.29 is 27.7 Å². The fraction of sp³-hybridized carbons (Fsp3) is 0.417. The number of sulfonamides is 1. The van der Waals surface area contributed by atoms with Crippen molar-refractivity contribution in [2.24, 2.45) is 5.92 Å². The number of methoxy groups -OCH3 is 1. The minimum Gasteiger partial charge on any atom is -0.467 e. The highest BCUT2D eigenvalue weighted by atomic mass is 32.2. The zero-order valence-corrected chi connectivity index (χ0v) is 20.7.